The number of amides is 4. The normalized spacial score (nSPS) is 35.4. The zero-order valence-corrected chi connectivity index (χ0v) is 63.7. The molecule has 0 spiro atoms. The van der Waals surface area contributed by atoms with Gasteiger partial charge in [0.2, 0.25) is 11.8 Å². The molecule has 5 heterocycles. The summed E-state index contributed by atoms with van der Waals surface area (Å²) in [5.74, 6) is -7.85. The van der Waals surface area contributed by atoms with Crippen LogP contribution < -0.4 is 21.7 Å². The van der Waals surface area contributed by atoms with E-state index in [-0.39, 0.29) is 31.3 Å². The number of primary amides is 1. The lowest BCUT2D eigenvalue weighted by Crippen LogP contribution is -2.72. The molecule has 0 aromatic carbocycles. The number of phosphoric acid groups is 1. The standard InChI is InChI=1S/C70H109N4O35P/c1-31(2)16-14-18-33(4)20-21-34(5)24-26-69(9,10)25-13-12-17-32(3)19-15-27-97-62(92)40(80)29-99-110(95,96)109-67-57(58(108-68(71)93)70(11,94)59(107-67)61(90)91)106-64-45(73-37(8)77)48(83)55(42(102-64)30-98-65-52(87)49(84)46(81)41(28-75)101-65)104-63-44(72-36(7)76)47(82)54(35(6)100-63)103-66-53(88)50(85)51(86)56(105-66)60(89)74-43-38(78)22-23-39(43)79/h13,16,19-20,25,35,40-42,44-59,63-67,75,78,80-88,94H,5,12,14-15,17-18,21-24,26-30H2,1-4,6-11H3,(H2,71,93)(H,72,76)(H,73,77)(H,74,89)(H,90,91)(H,95,96). The van der Waals surface area contributed by atoms with Crippen molar-refractivity contribution in [3.8, 4) is 0 Å². The first kappa shape index (κ1) is 92.7. The van der Waals surface area contributed by atoms with Crippen molar-refractivity contribution in [2.24, 2.45) is 11.1 Å². The van der Waals surface area contributed by atoms with Crippen molar-refractivity contribution in [3.63, 3.8) is 0 Å². The quantitative estimate of drug-likeness (QED) is 0.0144. The number of hydrogen-bond acceptors (Lipinski definition) is 33. The van der Waals surface area contributed by atoms with Crippen LogP contribution >= 0.6 is 7.82 Å². The number of nitrogens with two attached hydrogens (primary N) is 1. The topological polar surface area (TPSA) is 602 Å². The number of nitrogens with one attached hydrogen (secondary N) is 3. The van der Waals surface area contributed by atoms with Gasteiger partial charge < -0.3 is 145 Å². The van der Waals surface area contributed by atoms with Crippen molar-refractivity contribution in [1.82, 2.24) is 16.0 Å². The van der Waals surface area contributed by atoms with Gasteiger partial charge in [0.15, 0.2) is 67.8 Å². The zero-order valence-electron chi connectivity index (χ0n) is 62.8. The second kappa shape index (κ2) is 41.2. The molecule has 0 radical (unpaired) electrons. The molecule has 110 heavy (non-hydrogen) atoms. The summed E-state index contributed by atoms with van der Waals surface area (Å²) in [6.07, 6.45) is -35.5. The van der Waals surface area contributed by atoms with Crippen molar-refractivity contribution in [2.45, 2.75) is 292 Å². The van der Waals surface area contributed by atoms with E-state index in [9.17, 15) is 109 Å². The number of hydrogen-bond donors (Lipinski definition) is 18. The number of carboxylic acid groups (broad SMARTS) is 1. The van der Waals surface area contributed by atoms with E-state index < -0.39 is 240 Å². The fraction of sp³-hybridized carbons (Fsp3) is 0.729. The Balaban J connectivity index is 1.20. The van der Waals surface area contributed by atoms with Crippen LogP contribution in [0.25, 0.3) is 0 Å². The van der Waals surface area contributed by atoms with Crippen LogP contribution in [0.2, 0.25) is 0 Å². The summed E-state index contributed by atoms with van der Waals surface area (Å²) in [6, 6.07) is -4.03. The number of aliphatic hydroxyl groups excluding tert-OH is 11. The largest absolute Gasteiger partial charge is 0.510 e. The monoisotopic (exact) mass is 1600 g/mol. The highest BCUT2D eigenvalue weighted by Gasteiger charge is 2.63. The Hall–Kier alpha value is -6.16. The Morgan fingerprint density at radius 2 is 1.30 bits per heavy atom. The van der Waals surface area contributed by atoms with Gasteiger partial charge >= 0.3 is 25.9 Å². The summed E-state index contributed by atoms with van der Waals surface area (Å²) < 4.78 is 87.7. The zero-order chi connectivity index (χ0) is 82.2. The summed E-state index contributed by atoms with van der Waals surface area (Å²) >= 11 is 0. The number of aliphatic hydroxyl groups is 12. The molecule has 19 N–H and O–H groups in total. The molecule has 0 saturated carbocycles. The number of Topliss-reactive ketones (excluding diaryl/α,β-unsaturated/α-hetero) is 1. The van der Waals surface area contributed by atoms with Gasteiger partial charge in [0, 0.05) is 26.7 Å². The predicted octanol–water partition coefficient (Wildman–Crippen LogP) is -1.60. The minimum Gasteiger partial charge on any atom is -0.510 e. The van der Waals surface area contributed by atoms with E-state index in [1.807, 2.05) is 13.0 Å². The van der Waals surface area contributed by atoms with Gasteiger partial charge in [0.25, 0.3) is 5.91 Å². The lowest BCUT2D eigenvalue weighted by Gasteiger charge is -2.51. The van der Waals surface area contributed by atoms with Crippen LogP contribution in [-0.4, -0.2) is 298 Å². The molecule has 6 aliphatic rings. The molecule has 27 unspecified atom stereocenters. The maximum absolute atomic E-state index is 13.9. The van der Waals surface area contributed by atoms with E-state index in [2.05, 4.69) is 81.5 Å². The molecule has 40 heteroatoms. The molecule has 0 aromatic rings. The summed E-state index contributed by atoms with van der Waals surface area (Å²) in [7, 11) is -5.89. The summed E-state index contributed by atoms with van der Waals surface area (Å²) in [6.45, 7) is 16.8. The van der Waals surface area contributed by atoms with Crippen molar-refractivity contribution in [2.75, 3.05) is 26.4 Å². The number of phosphoric ester groups is 1. The molecule has 0 bridgehead atoms. The van der Waals surface area contributed by atoms with Crippen molar-refractivity contribution >= 4 is 49.4 Å². The summed E-state index contributed by atoms with van der Waals surface area (Å²) in [5.41, 5.74) is 6.50. The molecule has 27 atom stereocenters. The van der Waals surface area contributed by atoms with Gasteiger partial charge in [0.1, 0.15) is 102 Å². The Kier molecular flexibility index (Phi) is 34.7. The molecule has 39 nitrogen and oxygen atoms in total. The van der Waals surface area contributed by atoms with Gasteiger partial charge in [-0.25, -0.2) is 18.9 Å². The fourth-order valence-electron chi connectivity index (χ4n) is 12.7. The second-order valence-corrected chi connectivity index (χ2v) is 30.5. The summed E-state index contributed by atoms with van der Waals surface area (Å²) in [5, 5.41) is 150. The first-order valence-corrected chi connectivity index (χ1v) is 37.3. The smallest absolute Gasteiger partial charge is 0.474 e. The third-order valence-electron chi connectivity index (χ3n) is 19.0. The van der Waals surface area contributed by atoms with Crippen molar-refractivity contribution < 1.29 is 171 Å². The first-order chi connectivity index (χ1) is 51.4. The number of carbonyl (C=O) groups is 7. The van der Waals surface area contributed by atoms with Gasteiger partial charge in [0.05, 0.1) is 32.5 Å². The molecule has 624 valence electrons. The minimum absolute atomic E-state index is 0.0883. The molecule has 6 rings (SSSR count). The van der Waals surface area contributed by atoms with E-state index in [0.717, 1.165) is 57.1 Å². The third kappa shape index (κ3) is 25.7. The number of ketones is 1. The van der Waals surface area contributed by atoms with Crippen LogP contribution in [0, 0.1) is 5.41 Å². The van der Waals surface area contributed by atoms with E-state index in [1.165, 1.54) is 18.1 Å². The number of rotatable bonds is 37. The number of carboxylic acids is 1. The molecule has 5 fully saturated rings. The van der Waals surface area contributed by atoms with Crippen LogP contribution in [0.1, 0.15) is 133 Å². The third-order valence-corrected chi connectivity index (χ3v) is 19.9. The van der Waals surface area contributed by atoms with Crippen LogP contribution in [-0.2, 0) is 94.5 Å². The molecular formula is C70H109N4O35P. The number of allylic oxidation sites excluding steroid dienone is 10. The van der Waals surface area contributed by atoms with Crippen LogP contribution in [0.15, 0.2) is 70.7 Å². The molecule has 0 aromatic heterocycles. The average Bonchev–Trinajstić information content (AvgIpc) is 0.801. The van der Waals surface area contributed by atoms with E-state index >= 15 is 0 Å². The van der Waals surface area contributed by atoms with E-state index in [4.69, 9.17) is 66.9 Å². The molecule has 4 amide bonds. The van der Waals surface area contributed by atoms with Crippen LogP contribution in [0.4, 0.5) is 4.79 Å². The second-order valence-electron chi connectivity index (χ2n) is 29.1. The Morgan fingerprint density at radius 1 is 0.718 bits per heavy atom. The highest BCUT2D eigenvalue weighted by molar-refractivity contribution is 7.47. The van der Waals surface area contributed by atoms with E-state index in [0.29, 0.717) is 19.8 Å². The average molecular weight is 1600 g/mol. The molecule has 5 aliphatic heterocycles. The minimum atomic E-state index is -5.89. The summed E-state index contributed by atoms with van der Waals surface area (Å²) in [4.78, 5) is 102. The van der Waals surface area contributed by atoms with Crippen molar-refractivity contribution in [3.05, 3.63) is 70.7 Å². The Labute approximate surface area is 634 Å². The van der Waals surface area contributed by atoms with Gasteiger partial charge in [-0.2, -0.15) is 0 Å². The first-order valence-electron chi connectivity index (χ1n) is 35.8. The van der Waals surface area contributed by atoms with Gasteiger partial charge in [-0.15, -0.1) is 0 Å². The lowest BCUT2D eigenvalue weighted by atomic mass is 9.85. The lowest BCUT2D eigenvalue weighted by molar-refractivity contribution is -0.375. The molecule has 1 aliphatic carbocycles. The maximum Gasteiger partial charge on any atom is 0.474 e. The van der Waals surface area contributed by atoms with E-state index in [1.54, 1.807) is 0 Å². The number of ether oxygens (including phenoxy) is 11. The highest BCUT2D eigenvalue weighted by atomic mass is 31.2. The Morgan fingerprint density at radius 3 is 1.90 bits per heavy atom. The fourth-order valence-corrected chi connectivity index (χ4v) is 13.6. The van der Waals surface area contributed by atoms with Gasteiger partial charge in [-0.3, -0.25) is 28.2 Å². The van der Waals surface area contributed by atoms with Crippen molar-refractivity contribution in [1.29, 1.82) is 0 Å². The molecular weight excluding hydrogens is 1490 g/mol. The highest BCUT2D eigenvalue weighted by Crippen LogP contribution is 2.49. The number of aliphatic carboxylic acids is 1. The molecule has 5 saturated heterocycles. The number of esters is 1. The van der Waals surface area contributed by atoms with Crippen LogP contribution in [0.3, 0.4) is 0 Å². The van der Waals surface area contributed by atoms with Gasteiger partial charge in [-0.05, 0) is 98.3 Å². The predicted molar refractivity (Wildman–Crippen MR) is 374 cm³/mol. The number of carbonyl (C=O) groups excluding carboxylic acids is 6. The maximum atomic E-state index is 13.9. The van der Waals surface area contributed by atoms with Crippen LogP contribution in [0.5, 0.6) is 0 Å². The van der Waals surface area contributed by atoms with Gasteiger partial charge in [-0.1, -0.05) is 73.1 Å². The Bertz CT molecular complexity index is 3380. The SMILES string of the molecule is C=C(CC=C(C)CCC=C(C)C)CCC(C)(C)C=CCCC(C)=CCCOC(=O)C(O)COP(=O)(O)OC1OC(C(=O)O)C(C)(O)C(OC(N)=O)C1OC1OC(COC2OC(CO)C(O)C(O)C2O)C(OC2OC(C)C(OC3OC(C(=O)NC4=C(O)CCC4=O)C(O)C(O)C3O)C(O)C2NC(C)=O)C(O)C1NC(C)=O.